The fourth-order valence-electron chi connectivity index (χ4n) is 1.01. The Morgan fingerprint density at radius 1 is 1.33 bits per heavy atom. The Labute approximate surface area is 88.1 Å². The Morgan fingerprint density at radius 3 is 2.47 bits per heavy atom. The van der Waals surface area contributed by atoms with Crippen molar-refractivity contribution in [2.24, 2.45) is 5.84 Å². The number of carbonyl (C=O) groups is 1. The van der Waals surface area contributed by atoms with Gasteiger partial charge < -0.3 is 9.47 Å². The first kappa shape index (κ1) is 11.3. The van der Waals surface area contributed by atoms with Crippen molar-refractivity contribution in [3.8, 4) is 11.5 Å². The van der Waals surface area contributed by atoms with Crippen LogP contribution in [0.2, 0.25) is 0 Å². The summed E-state index contributed by atoms with van der Waals surface area (Å²) in [6.07, 6.45) is 0.239. The first-order valence-corrected chi connectivity index (χ1v) is 4.52. The number of amides is 1. The average molecular weight is 210 g/mol. The predicted molar refractivity (Wildman–Crippen MR) is 55.4 cm³/mol. The van der Waals surface area contributed by atoms with Crippen molar-refractivity contribution in [2.45, 2.75) is 6.42 Å². The SMILES string of the molecule is COc1ccc(OCCC(=O)NN)cc1. The highest BCUT2D eigenvalue weighted by atomic mass is 16.5. The van der Waals surface area contributed by atoms with Gasteiger partial charge in [-0.15, -0.1) is 0 Å². The van der Waals surface area contributed by atoms with Crippen LogP contribution in [0.1, 0.15) is 6.42 Å². The van der Waals surface area contributed by atoms with Crippen LogP contribution in [0.25, 0.3) is 0 Å². The molecule has 1 aromatic carbocycles. The molecule has 0 heterocycles. The number of ether oxygens (including phenoxy) is 2. The summed E-state index contributed by atoms with van der Waals surface area (Å²) < 4.78 is 10.3. The van der Waals surface area contributed by atoms with Gasteiger partial charge in [0.05, 0.1) is 20.1 Å². The highest BCUT2D eigenvalue weighted by Gasteiger charge is 1.99. The van der Waals surface area contributed by atoms with Crippen LogP contribution in [-0.4, -0.2) is 19.6 Å². The highest BCUT2D eigenvalue weighted by Crippen LogP contribution is 2.16. The van der Waals surface area contributed by atoms with Gasteiger partial charge in [0, 0.05) is 0 Å². The largest absolute Gasteiger partial charge is 0.497 e. The minimum absolute atomic E-state index is 0.239. The van der Waals surface area contributed by atoms with Crippen LogP contribution in [-0.2, 0) is 4.79 Å². The van der Waals surface area contributed by atoms with E-state index in [1.807, 2.05) is 5.43 Å². The third-order valence-electron chi connectivity index (χ3n) is 1.82. The molecular weight excluding hydrogens is 196 g/mol. The van der Waals surface area contributed by atoms with Crippen molar-refractivity contribution in [3.05, 3.63) is 24.3 Å². The minimum atomic E-state index is -0.247. The van der Waals surface area contributed by atoms with Crippen LogP contribution < -0.4 is 20.7 Å². The molecular formula is C10H14N2O3. The second-order valence-corrected chi connectivity index (χ2v) is 2.84. The molecule has 1 rings (SSSR count). The fraction of sp³-hybridized carbons (Fsp3) is 0.300. The smallest absolute Gasteiger partial charge is 0.237 e. The lowest BCUT2D eigenvalue weighted by molar-refractivity contribution is -0.121. The van der Waals surface area contributed by atoms with E-state index in [4.69, 9.17) is 15.3 Å². The van der Waals surface area contributed by atoms with Crippen LogP contribution in [0, 0.1) is 0 Å². The monoisotopic (exact) mass is 210 g/mol. The highest BCUT2D eigenvalue weighted by molar-refractivity contribution is 5.75. The van der Waals surface area contributed by atoms with Gasteiger partial charge in [-0.05, 0) is 24.3 Å². The number of methoxy groups -OCH3 is 1. The van der Waals surface area contributed by atoms with Crippen LogP contribution >= 0.6 is 0 Å². The van der Waals surface area contributed by atoms with Gasteiger partial charge in [-0.3, -0.25) is 10.2 Å². The molecule has 1 amide bonds. The molecule has 1 aromatic rings. The Kier molecular flexibility index (Phi) is 4.43. The average Bonchev–Trinajstić information content (AvgIpc) is 2.29. The molecule has 3 N–H and O–H groups in total. The Hall–Kier alpha value is -1.75. The third kappa shape index (κ3) is 3.86. The van der Waals surface area contributed by atoms with E-state index in [9.17, 15) is 4.79 Å². The van der Waals surface area contributed by atoms with E-state index in [0.717, 1.165) is 5.75 Å². The Balaban J connectivity index is 2.34. The number of nitrogens with two attached hydrogens (primary N) is 1. The topological polar surface area (TPSA) is 73.6 Å². The Bertz CT molecular complexity index is 311. The van der Waals surface area contributed by atoms with Crippen LogP contribution in [0.3, 0.4) is 0 Å². The number of hydrazine groups is 1. The second-order valence-electron chi connectivity index (χ2n) is 2.84. The summed E-state index contributed by atoms with van der Waals surface area (Å²) in [7, 11) is 1.60. The van der Waals surface area contributed by atoms with E-state index in [1.165, 1.54) is 0 Å². The molecule has 82 valence electrons. The van der Waals surface area contributed by atoms with Gasteiger partial charge >= 0.3 is 0 Å². The zero-order chi connectivity index (χ0) is 11.1. The number of nitrogens with one attached hydrogen (secondary N) is 1. The van der Waals surface area contributed by atoms with Gasteiger partial charge in [0.25, 0.3) is 0 Å². The van der Waals surface area contributed by atoms with Crippen molar-refractivity contribution in [1.29, 1.82) is 0 Å². The van der Waals surface area contributed by atoms with Gasteiger partial charge in [-0.1, -0.05) is 0 Å². The number of benzene rings is 1. The molecule has 0 spiro atoms. The van der Waals surface area contributed by atoms with Gasteiger partial charge in [0.1, 0.15) is 11.5 Å². The van der Waals surface area contributed by atoms with Crippen molar-refractivity contribution in [1.82, 2.24) is 5.43 Å². The summed E-state index contributed by atoms with van der Waals surface area (Å²) in [5.74, 6) is 6.13. The number of carbonyl (C=O) groups excluding carboxylic acids is 1. The number of hydrogen-bond donors (Lipinski definition) is 2. The Morgan fingerprint density at radius 2 is 1.93 bits per heavy atom. The minimum Gasteiger partial charge on any atom is -0.497 e. The van der Waals surface area contributed by atoms with Crippen LogP contribution in [0.4, 0.5) is 0 Å². The zero-order valence-corrected chi connectivity index (χ0v) is 8.53. The van der Waals surface area contributed by atoms with Crippen molar-refractivity contribution >= 4 is 5.91 Å². The summed E-state index contributed by atoms with van der Waals surface area (Å²) in [6.45, 7) is 0.301. The third-order valence-corrected chi connectivity index (χ3v) is 1.82. The van der Waals surface area contributed by atoms with E-state index in [2.05, 4.69) is 0 Å². The molecule has 0 unspecified atom stereocenters. The van der Waals surface area contributed by atoms with Gasteiger partial charge in [0.2, 0.25) is 5.91 Å². The zero-order valence-electron chi connectivity index (χ0n) is 8.53. The molecule has 0 saturated heterocycles. The van der Waals surface area contributed by atoms with E-state index < -0.39 is 0 Å². The number of hydrogen-bond acceptors (Lipinski definition) is 4. The lowest BCUT2D eigenvalue weighted by Crippen LogP contribution is -2.31. The van der Waals surface area contributed by atoms with E-state index in [0.29, 0.717) is 12.4 Å². The van der Waals surface area contributed by atoms with Crippen molar-refractivity contribution in [3.63, 3.8) is 0 Å². The summed E-state index contributed by atoms with van der Waals surface area (Å²) in [6, 6.07) is 7.13. The molecule has 0 aromatic heterocycles. The van der Waals surface area contributed by atoms with E-state index in [1.54, 1.807) is 31.4 Å². The van der Waals surface area contributed by atoms with Crippen LogP contribution in [0.5, 0.6) is 11.5 Å². The summed E-state index contributed by atoms with van der Waals surface area (Å²) in [5, 5.41) is 0. The standard InChI is InChI=1S/C10H14N2O3/c1-14-8-2-4-9(5-3-8)15-7-6-10(13)12-11/h2-5H,6-7,11H2,1H3,(H,12,13). The first-order chi connectivity index (χ1) is 7.26. The first-order valence-electron chi connectivity index (χ1n) is 4.52. The molecule has 0 saturated carbocycles. The van der Waals surface area contributed by atoms with Crippen molar-refractivity contribution < 1.29 is 14.3 Å². The molecule has 0 atom stereocenters. The quantitative estimate of drug-likeness (QED) is 0.420. The lowest BCUT2D eigenvalue weighted by Gasteiger charge is -2.06. The molecule has 0 fully saturated rings. The summed E-state index contributed by atoms with van der Waals surface area (Å²) in [4.78, 5) is 10.8. The van der Waals surface area contributed by atoms with E-state index in [-0.39, 0.29) is 12.3 Å². The molecule has 5 heteroatoms. The van der Waals surface area contributed by atoms with Crippen LogP contribution in [0.15, 0.2) is 24.3 Å². The van der Waals surface area contributed by atoms with Crippen molar-refractivity contribution in [2.75, 3.05) is 13.7 Å². The summed E-state index contributed by atoms with van der Waals surface area (Å²) in [5.41, 5.74) is 2.03. The predicted octanol–water partition coefficient (Wildman–Crippen LogP) is 0.454. The molecule has 0 bridgehead atoms. The maximum atomic E-state index is 10.8. The maximum absolute atomic E-state index is 10.8. The normalized spacial score (nSPS) is 9.47. The fourth-order valence-corrected chi connectivity index (χ4v) is 1.01. The second kappa shape index (κ2) is 5.87. The molecule has 5 nitrogen and oxygen atoms in total. The molecule has 0 aliphatic carbocycles. The van der Waals surface area contributed by atoms with E-state index >= 15 is 0 Å². The van der Waals surface area contributed by atoms with Gasteiger partial charge in [0.15, 0.2) is 0 Å². The van der Waals surface area contributed by atoms with Gasteiger partial charge in [-0.2, -0.15) is 0 Å². The lowest BCUT2D eigenvalue weighted by atomic mass is 10.3. The maximum Gasteiger partial charge on any atom is 0.237 e. The molecule has 0 aliphatic rings. The number of rotatable bonds is 5. The summed E-state index contributed by atoms with van der Waals surface area (Å²) >= 11 is 0. The molecule has 0 aliphatic heterocycles. The molecule has 15 heavy (non-hydrogen) atoms. The molecule has 0 radical (unpaired) electrons. The van der Waals surface area contributed by atoms with Gasteiger partial charge in [-0.25, -0.2) is 5.84 Å².